The van der Waals surface area contributed by atoms with Crippen molar-refractivity contribution >= 4 is 0 Å². The zero-order chi connectivity index (χ0) is 13.8. The summed E-state index contributed by atoms with van der Waals surface area (Å²) in [5.74, 6) is 1.64. The van der Waals surface area contributed by atoms with Crippen LogP contribution < -0.4 is 5.32 Å². The zero-order valence-electron chi connectivity index (χ0n) is 12.9. The third-order valence-corrected chi connectivity index (χ3v) is 4.68. The van der Waals surface area contributed by atoms with Crippen molar-refractivity contribution in [1.29, 1.82) is 0 Å². The van der Waals surface area contributed by atoms with Gasteiger partial charge in [0.05, 0.1) is 0 Å². The quantitative estimate of drug-likeness (QED) is 0.814. The van der Waals surface area contributed by atoms with Crippen LogP contribution in [0.15, 0.2) is 24.3 Å². The first-order chi connectivity index (χ1) is 9.08. The van der Waals surface area contributed by atoms with Gasteiger partial charge < -0.3 is 5.32 Å². The predicted molar refractivity (Wildman–Crippen MR) is 83.3 cm³/mol. The van der Waals surface area contributed by atoms with Crippen LogP contribution in [-0.4, -0.2) is 6.04 Å². The maximum Gasteiger partial charge on any atom is 0.0294 e. The van der Waals surface area contributed by atoms with E-state index >= 15 is 0 Å². The van der Waals surface area contributed by atoms with E-state index < -0.39 is 0 Å². The highest BCUT2D eigenvalue weighted by Gasteiger charge is 2.28. The minimum atomic E-state index is 0.462. The van der Waals surface area contributed by atoms with Gasteiger partial charge in [0.15, 0.2) is 0 Å². The first kappa shape index (κ1) is 14.6. The molecule has 2 unspecified atom stereocenters. The van der Waals surface area contributed by atoms with E-state index in [-0.39, 0.29) is 0 Å². The lowest BCUT2D eigenvalue weighted by Crippen LogP contribution is -2.42. The summed E-state index contributed by atoms with van der Waals surface area (Å²) >= 11 is 0. The molecular weight excluding hydrogens is 230 g/mol. The summed E-state index contributed by atoms with van der Waals surface area (Å²) in [7, 11) is 0. The smallest absolute Gasteiger partial charge is 0.0294 e. The van der Waals surface area contributed by atoms with Gasteiger partial charge >= 0.3 is 0 Å². The van der Waals surface area contributed by atoms with E-state index in [0.29, 0.717) is 12.1 Å². The lowest BCUT2D eigenvalue weighted by atomic mass is 9.77. The largest absolute Gasteiger partial charge is 0.307 e. The Hall–Kier alpha value is -0.820. The van der Waals surface area contributed by atoms with Crippen molar-refractivity contribution in [2.24, 2.45) is 11.8 Å². The molecule has 0 amide bonds. The molecule has 2 rings (SSSR count). The lowest BCUT2D eigenvalue weighted by molar-refractivity contribution is 0.195. The van der Waals surface area contributed by atoms with E-state index in [2.05, 4.69) is 57.3 Å². The SMILES string of the molecule is Cc1cccc([C@H](C)NC2CCCCC2C(C)C)c1. The minimum Gasteiger partial charge on any atom is -0.307 e. The average molecular weight is 259 g/mol. The molecule has 0 radical (unpaired) electrons. The normalized spacial score (nSPS) is 25.5. The second kappa shape index (κ2) is 6.56. The molecule has 1 aliphatic carbocycles. The van der Waals surface area contributed by atoms with E-state index in [4.69, 9.17) is 0 Å². The minimum absolute atomic E-state index is 0.462. The van der Waals surface area contributed by atoms with Crippen molar-refractivity contribution in [3.05, 3.63) is 35.4 Å². The van der Waals surface area contributed by atoms with Gasteiger partial charge in [-0.15, -0.1) is 0 Å². The molecule has 106 valence electrons. The molecule has 0 spiro atoms. The van der Waals surface area contributed by atoms with Crippen molar-refractivity contribution in [2.75, 3.05) is 0 Å². The highest BCUT2D eigenvalue weighted by molar-refractivity contribution is 5.24. The van der Waals surface area contributed by atoms with Gasteiger partial charge in [-0.25, -0.2) is 0 Å². The Balaban J connectivity index is 2.02. The van der Waals surface area contributed by atoms with Crippen molar-refractivity contribution in [3.8, 4) is 0 Å². The fourth-order valence-corrected chi connectivity index (χ4v) is 3.52. The standard InChI is InChI=1S/C18H29N/c1-13(2)17-10-5-6-11-18(17)19-15(4)16-9-7-8-14(3)12-16/h7-9,12-13,15,17-19H,5-6,10-11H2,1-4H3/t15-,17?,18?/m0/s1. The predicted octanol–water partition coefficient (Wildman–Crippen LogP) is 4.86. The molecule has 0 aromatic heterocycles. The Labute approximate surface area is 118 Å². The first-order valence-electron chi connectivity index (χ1n) is 7.90. The Kier molecular flexibility index (Phi) is 5.04. The first-order valence-corrected chi connectivity index (χ1v) is 7.90. The number of nitrogens with one attached hydrogen (secondary N) is 1. The van der Waals surface area contributed by atoms with Crippen LogP contribution in [0.3, 0.4) is 0 Å². The highest BCUT2D eigenvalue weighted by atomic mass is 15.0. The third-order valence-electron chi connectivity index (χ3n) is 4.68. The fourth-order valence-electron chi connectivity index (χ4n) is 3.52. The van der Waals surface area contributed by atoms with Crippen molar-refractivity contribution in [2.45, 2.75) is 65.5 Å². The van der Waals surface area contributed by atoms with E-state index in [0.717, 1.165) is 11.8 Å². The maximum atomic E-state index is 3.89. The van der Waals surface area contributed by atoms with Gasteiger partial charge in [-0.1, -0.05) is 56.5 Å². The third kappa shape index (κ3) is 3.82. The van der Waals surface area contributed by atoms with E-state index in [1.807, 2.05) is 0 Å². The van der Waals surface area contributed by atoms with Gasteiger partial charge in [0.25, 0.3) is 0 Å². The second-order valence-corrected chi connectivity index (χ2v) is 6.60. The molecule has 1 N–H and O–H groups in total. The van der Waals surface area contributed by atoms with Crippen LogP contribution in [-0.2, 0) is 0 Å². The Bertz CT molecular complexity index is 396. The summed E-state index contributed by atoms with van der Waals surface area (Å²) in [5, 5.41) is 3.89. The zero-order valence-corrected chi connectivity index (χ0v) is 12.9. The second-order valence-electron chi connectivity index (χ2n) is 6.60. The van der Waals surface area contributed by atoms with Crippen LogP contribution in [0.4, 0.5) is 0 Å². The number of aryl methyl sites for hydroxylation is 1. The Morgan fingerprint density at radius 1 is 1.11 bits per heavy atom. The molecular formula is C18H29N. The molecule has 1 fully saturated rings. The summed E-state index contributed by atoms with van der Waals surface area (Å²) in [6.45, 7) is 9.23. The summed E-state index contributed by atoms with van der Waals surface area (Å²) in [6.07, 6.45) is 5.55. The van der Waals surface area contributed by atoms with Crippen LogP contribution >= 0.6 is 0 Å². The number of rotatable bonds is 4. The number of hydrogen-bond donors (Lipinski definition) is 1. The molecule has 1 aromatic rings. The van der Waals surface area contributed by atoms with Gasteiger partial charge in [0.2, 0.25) is 0 Å². The molecule has 1 saturated carbocycles. The lowest BCUT2D eigenvalue weighted by Gasteiger charge is -2.37. The topological polar surface area (TPSA) is 12.0 Å². The molecule has 1 aromatic carbocycles. The van der Waals surface area contributed by atoms with Crippen molar-refractivity contribution in [1.82, 2.24) is 5.32 Å². The maximum absolute atomic E-state index is 3.89. The molecule has 1 heteroatoms. The summed E-state index contributed by atoms with van der Waals surface area (Å²) < 4.78 is 0. The summed E-state index contributed by atoms with van der Waals surface area (Å²) in [4.78, 5) is 0. The van der Waals surface area contributed by atoms with Crippen LogP contribution in [0, 0.1) is 18.8 Å². The summed E-state index contributed by atoms with van der Waals surface area (Å²) in [6, 6.07) is 10.1. The van der Waals surface area contributed by atoms with Crippen molar-refractivity contribution < 1.29 is 0 Å². The fraction of sp³-hybridized carbons (Fsp3) is 0.667. The van der Waals surface area contributed by atoms with E-state index in [1.165, 1.54) is 36.8 Å². The average Bonchev–Trinajstić information content (AvgIpc) is 2.39. The van der Waals surface area contributed by atoms with Gasteiger partial charge in [-0.3, -0.25) is 0 Å². The number of benzene rings is 1. The van der Waals surface area contributed by atoms with Crippen LogP contribution in [0.2, 0.25) is 0 Å². The molecule has 1 aliphatic rings. The molecule has 0 heterocycles. The summed E-state index contributed by atoms with van der Waals surface area (Å²) in [5.41, 5.74) is 2.78. The van der Waals surface area contributed by atoms with E-state index in [9.17, 15) is 0 Å². The van der Waals surface area contributed by atoms with Gasteiger partial charge in [-0.2, -0.15) is 0 Å². The Morgan fingerprint density at radius 3 is 2.53 bits per heavy atom. The molecule has 0 bridgehead atoms. The molecule has 19 heavy (non-hydrogen) atoms. The Morgan fingerprint density at radius 2 is 1.84 bits per heavy atom. The number of hydrogen-bond acceptors (Lipinski definition) is 1. The molecule has 0 aliphatic heterocycles. The van der Waals surface area contributed by atoms with Crippen molar-refractivity contribution in [3.63, 3.8) is 0 Å². The van der Waals surface area contributed by atoms with E-state index in [1.54, 1.807) is 0 Å². The monoisotopic (exact) mass is 259 g/mol. The van der Waals surface area contributed by atoms with Crippen LogP contribution in [0.25, 0.3) is 0 Å². The van der Waals surface area contributed by atoms with Crippen LogP contribution in [0.1, 0.15) is 63.6 Å². The molecule has 0 saturated heterocycles. The molecule has 1 nitrogen and oxygen atoms in total. The van der Waals surface area contributed by atoms with Crippen LogP contribution in [0.5, 0.6) is 0 Å². The van der Waals surface area contributed by atoms with Gasteiger partial charge in [-0.05, 0) is 44.1 Å². The highest BCUT2D eigenvalue weighted by Crippen LogP contribution is 2.31. The van der Waals surface area contributed by atoms with Gasteiger partial charge in [0, 0.05) is 12.1 Å². The van der Waals surface area contributed by atoms with Gasteiger partial charge in [0.1, 0.15) is 0 Å². The molecule has 3 atom stereocenters.